The summed E-state index contributed by atoms with van der Waals surface area (Å²) in [6, 6.07) is 7.70. The van der Waals surface area contributed by atoms with Gasteiger partial charge >= 0.3 is 0 Å². The third kappa shape index (κ3) is 5.58. The number of rotatable bonds is 6. The van der Waals surface area contributed by atoms with Crippen molar-refractivity contribution < 1.29 is 13.2 Å². The molecule has 1 aliphatic rings. The molecule has 0 saturated heterocycles. The van der Waals surface area contributed by atoms with Gasteiger partial charge in [-0.25, -0.2) is 5.14 Å². The van der Waals surface area contributed by atoms with Crippen LogP contribution < -0.4 is 9.86 Å². The van der Waals surface area contributed by atoms with E-state index in [1.54, 1.807) is 0 Å². The van der Waals surface area contributed by atoms with Gasteiger partial charge in [0.25, 0.3) is 10.2 Å². The molecule has 112 valence electrons. The molecule has 1 aliphatic carbocycles. The van der Waals surface area contributed by atoms with Crippen molar-refractivity contribution in [2.24, 2.45) is 5.14 Å². The minimum absolute atomic E-state index is 0.204. The summed E-state index contributed by atoms with van der Waals surface area (Å²) in [4.78, 5) is 0. The third-order valence-electron chi connectivity index (χ3n) is 3.51. The molecule has 6 heteroatoms. The molecular formula is C14H22N2O3S. The van der Waals surface area contributed by atoms with E-state index >= 15 is 0 Å². The van der Waals surface area contributed by atoms with Crippen LogP contribution in [0, 0.1) is 0 Å². The molecule has 0 amide bonds. The van der Waals surface area contributed by atoms with Crippen molar-refractivity contribution in [1.82, 2.24) is 4.72 Å². The third-order valence-corrected chi connectivity index (χ3v) is 4.05. The van der Waals surface area contributed by atoms with E-state index in [2.05, 4.69) is 4.72 Å². The predicted octanol–water partition coefficient (Wildman–Crippen LogP) is 1.83. The summed E-state index contributed by atoms with van der Waals surface area (Å²) in [6.07, 6.45) is 6.48. The first-order valence-corrected chi connectivity index (χ1v) is 8.54. The van der Waals surface area contributed by atoms with Gasteiger partial charge in [-0.15, -0.1) is 0 Å². The van der Waals surface area contributed by atoms with Crippen LogP contribution in [0.5, 0.6) is 0 Å². The minimum Gasteiger partial charge on any atom is -0.374 e. The Bertz CT molecular complexity index is 525. The van der Waals surface area contributed by atoms with Gasteiger partial charge in [0.1, 0.15) is 0 Å². The summed E-state index contributed by atoms with van der Waals surface area (Å²) >= 11 is 0. The second-order valence-electron chi connectivity index (χ2n) is 5.26. The summed E-state index contributed by atoms with van der Waals surface area (Å²) in [7, 11) is -3.65. The molecule has 0 spiro atoms. The Morgan fingerprint density at radius 3 is 2.60 bits per heavy atom. The lowest BCUT2D eigenvalue weighted by molar-refractivity contribution is 0.0168. The number of hydrogen-bond acceptors (Lipinski definition) is 3. The molecular weight excluding hydrogens is 276 g/mol. The Hall–Kier alpha value is -0.950. The van der Waals surface area contributed by atoms with Crippen molar-refractivity contribution in [3.05, 3.63) is 35.4 Å². The fourth-order valence-corrected chi connectivity index (χ4v) is 2.83. The van der Waals surface area contributed by atoms with E-state index < -0.39 is 10.2 Å². The lowest BCUT2D eigenvalue weighted by atomic mass is 9.98. The highest BCUT2D eigenvalue weighted by Gasteiger charge is 2.13. The van der Waals surface area contributed by atoms with Crippen LogP contribution in [-0.2, 0) is 28.1 Å². The monoisotopic (exact) mass is 298 g/mol. The summed E-state index contributed by atoms with van der Waals surface area (Å²) < 4.78 is 29.9. The molecule has 1 aromatic carbocycles. The highest BCUT2D eigenvalue weighted by Crippen LogP contribution is 2.21. The second-order valence-corrected chi connectivity index (χ2v) is 6.64. The molecule has 0 bridgehead atoms. The highest BCUT2D eigenvalue weighted by atomic mass is 32.2. The zero-order valence-corrected chi connectivity index (χ0v) is 12.4. The molecule has 0 unspecified atom stereocenters. The van der Waals surface area contributed by atoms with Crippen LogP contribution in [0.3, 0.4) is 0 Å². The van der Waals surface area contributed by atoms with Gasteiger partial charge in [-0.2, -0.15) is 13.1 Å². The Balaban J connectivity index is 1.85. The molecule has 1 fully saturated rings. The lowest BCUT2D eigenvalue weighted by Crippen LogP contribution is -2.30. The van der Waals surface area contributed by atoms with Crippen molar-refractivity contribution in [2.75, 3.05) is 0 Å². The summed E-state index contributed by atoms with van der Waals surface area (Å²) in [6.45, 7) is 0.782. The fourth-order valence-electron chi connectivity index (χ4n) is 2.46. The van der Waals surface area contributed by atoms with Crippen molar-refractivity contribution in [1.29, 1.82) is 0 Å². The molecule has 0 aromatic heterocycles. The average molecular weight is 298 g/mol. The molecule has 1 aromatic rings. The number of nitrogens with two attached hydrogens (primary N) is 1. The summed E-state index contributed by atoms with van der Waals surface area (Å²) in [5.74, 6) is 0. The molecule has 0 heterocycles. The molecule has 1 saturated carbocycles. The van der Waals surface area contributed by atoms with Crippen molar-refractivity contribution in [2.45, 2.75) is 51.4 Å². The molecule has 3 N–H and O–H groups in total. The van der Waals surface area contributed by atoms with E-state index in [-0.39, 0.29) is 6.54 Å². The topological polar surface area (TPSA) is 81.4 Å². The van der Waals surface area contributed by atoms with E-state index in [4.69, 9.17) is 9.88 Å². The van der Waals surface area contributed by atoms with Gasteiger partial charge in [0.05, 0.1) is 12.7 Å². The van der Waals surface area contributed by atoms with Crippen molar-refractivity contribution >= 4 is 10.2 Å². The van der Waals surface area contributed by atoms with Gasteiger partial charge in [0, 0.05) is 6.54 Å². The minimum atomic E-state index is -3.65. The predicted molar refractivity (Wildman–Crippen MR) is 78.1 cm³/mol. The van der Waals surface area contributed by atoms with E-state index in [1.165, 1.54) is 19.3 Å². The van der Waals surface area contributed by atoms with E-state index in [9.17, 15) is 8.42 Å². The smallest absolute Gasteiger partial charge is 0.274 e. The van der Waals surface area contributed by atoms with Crippen LogP contribution in [0.15, 0.2) is 24.3 Å². The Labute approximate surface area is 120 Å². The maximum absolute atomic E-state index is 10.9. The Kier molecular flexibility index (Phi) is 5.54. The van der Waals surface area contributed by atoms with Crippen LogP contribution >= 0.6 is 0 Å². The zero-order chi connectivity index (χ0) is 14.4. The number of nitrogens with one attached hydrogen (secondary N) is 1. The zero-order valence-electron chi connectivity index (χ0n) is 11.5. The van der Waals surface area contributed by atoms with Gasteiger partial charge in [-0.1, -0.05) is 43.5 Å². The number of ether oxygens (including phenoxy) is 1. The lowest BCUT2D eigenvalue weighted by Gasteiger charge is -2.22. The van der Waals surface area contributed by atoms with Crippen LogP contribution in [-0.4, -0.2) is 14.5 Å². The number of hydrogen-bond donors (Lipinski definition) is 2. The van der Waals surface area contributed by atoms with Gasteiger partial charge in [0.2, 0.25) is 0 Å². The molecule has 0 radical (unpaired) electrons. The maximum atomic E-state index is 10.9. The second kappa shape index (κ2) is 7.17. The van der Waals surface area contributed by atoms with Crippen LogP contribution in [0.1, 0.15) is 43.2 Å². The average Bonchev–Trinajstić information content (AvgIpc) is 2.44. The van der Waals surface area contributed by atoms with Crippen LogP contribution in [0.2, 0.25) is 0 Å². The number of benzene rings is 1. The highest BCUT2D eigenvalue weighted by molar-refractivity contribution is 7.87. The first-order chi connectivity index (χ1) is 9.53. The van der Waals surface area contributed by atoms with Gasteiger partial charge in [0.15, 0.2) is 0 Å². The molecule has 0 aliphatic heterocycles. The van der Waals surface area contributed by atoms with Crippen LogP contribution in [0.25, 0.3) is 0 Å². The van der Waals surface area contributed by atoms with E-state index in [0.29, 0.717) is 12.7 Å². The maximum Gasteiger partial charge on any atom is 0.274 e. The van der Waals surface area contributed by atoms with E-state index in [0.717, 1.165) is 24.0 Å². The molecule has 2 rings (SSSR count). The molecule has 0 atom stereocenters. The SMILES string of the molecule is NS(=O)(=O)NCc1cccc(COC2CCCCC2)c1. The largest absolute Gasteiger partial charge is 0.374 e. The van der Waals surface area contributed by atoms with Gasteiger partial charge < -0.3 is 4.74 Å². The summed E-state index contributed by atoms with van der Waals surface area (Å²) in [5.41, 5.74) is 1.94. The standard InChI is InChI=1S/C14H22N2O3S/c15-20(17,18)16-10-12-5-4-6-13(9-12)11-19-14-7-2-1-3-8-14/h4-6,9,14,16H,1-3,7-8,10-11H2,(H2,15,17,18). The van der Waals surface area contributed by atoms with Crippen LogP contribution in [0.4, 0.5) is 0 Å². The van der Waals surface area contributed by atoms with Crippen molar-refractivity contribution in [3.8, 4) is 0 Å². The van der Waals surface area contributed by atoms with Gasteiger partial charge in [-0.05, 0) is 24.0 Å². The molecule has 5 nitrogen and oxygen atoms in total. The Morgan fingerprint density at radius 1 is 1.20 bits per heavy atom. The summed E-state index contributed by atoms with van der Waals surface area (Å²) in [5, 5.41) is 4.91. The fraction of sp³-hybridized carbons (Fsp3) is 0.571. The quantitative estimate of drug-likeness (QED) is 0.840. The van der Waals surface area contributed by atoms with Crippen molar-refractivity contribution in [3.63, 3.8) is 0 Å². The Morgan fingerprint density at radius 2 is 1.90 bits per heavy atom. The molecule has 20 heavy (non-hydrogen) atoms. The van der Waals surface area contributed by atoms with E-state index in [1.807, 2.05) is 24.3 Å². The normalized spacial score (nSPS) is 17.2. The van der Waals surface area contributed by atoms with Gasteiger partial charge in [-0.3, -0.25) is 0 Å². The first kappa shape index (κ1) is 15.4. The first-order valence-electron chi connectivity index (χ1n) is 7.00.